The number of nitrogens with two attached hydrogens (primary N) is 2. The Morgan fingerprint density at radius 2 is 1.46 bits per heavy atom. The molecule has 0 fully saturated rings. The molecule has 1 heterocycles. The highest BCUT2D eigenvalue weighted by atomic mass is 32.2. The van der Waals surface area contributed by atoms with Gasteiger partial charge in [-0.25, -0.2) is 9.97 Å². The van der Waals surface area contributed by atoms with Crippen molar-refractivity contribution < 1.29 is 4.79 Å². The third-order valence-electron chi connectivity index (χ3n) is 4.15. The molecule has 0 spiro atoms. The molecular formula is C21H23N5OS. The number of nitrogens with zero attached hydrogens (tertiary/aromatic N) is 3. The molecule has 1 amide bonds. The van der Waals surface area contributed by atoms with Crippen molar-refractivity contribution in [3.63, 3.8) is 0 Å². The van der Waals surface area contributed by atoms with E-state index in [0.717, 1.165) is 12.0 Å². The standard InChI is InChI=1S/C21H23N5OS/c22-18-13-19(23)25-21(24-18)28-15-20(27)26(14-17-9-5-2-6-10-17)12-11-16-7-3-1-4-8-16/h1-10,13H,11-12,14-15H2,(H4,22,23,24,25). The highest BCUT2D eigenvalue weighted by Crippen LogP contribution is 2.18. The van der Waals surface area contributed by atoms with Crippen LogP contribution in [0.3, 0.4) is 0 Å². The molecule has 0 aliphatic carbocycles. The first-order valence-electron chi connectivity index (χ1n) is 8.98. The summed E-state index contributed by atoms with van der Waals surface area (Å²) in [7, 11) is 0. The summed E-state index contributed by atoms with van der Waals surface area (Å²) in [6.45, 7) is 1.20. The second-order valence-corrected chi connectivity index (χ2v) is 7.27. The lowest BCUT2D eigenvalue weighted by molar-refractivity contribution is -0.128. The molecule has 28 heavy (non-hydrogen) atoms. The summed E-state index contributed by atoms with van der Waals surface area (Å²) in [6.07, 6.45) is 0.797. The number of amides is 1. The average Bonchev–Trinajstić information content (AvgIpc) is 2.70. The van der Waals surface area contributed by atoms with Crippen LogP contribution in [0.4, 0.5) is 11.6 Å². The highest BCUT2D eigenvalue weighted by Gasteiger charge is 2.15. The number of aromatic nitrogens is 2. The van der Waals surface area contributed by atoms with Gasteiger partial charge < -0.3 is 16.4 Å². The smallest absolute Gasteiger partial charge is 0.233 e. The van der Waals surface area contributed by atoms with Gasteiger partial charge in [-0.3, -0.25) is 4.79 Å². The minimum Gasteiger partial charge on any atom is -0.383 e. The van der Waals surface area contributed by atoms with Crippen LogP contribution in [0.1, 0.15) is 11.1 Å². The van der Waals surface area contributed by atoms with E-state index in [2.05, 4.69) is 22.1 Å². The maximum Gasteiger partial charge on any atom is 0.233 e. The maximum atomic E-state index is 12.9. The van der Waals surface area contributed by atoms with Crippen LogP contribution in [-0.4, -0.2) is 33.1 Å². The molecule has 1 aromatic heterocycles. The lowest BCUT2D eigenvalue weighted by atomic mass is 10.1. The molecule has 3 aromatic rings. The average molecular weight is 394 g/mol. The van der Waals surface area contributed by atoms with E-state index in [4.69, 9.17) is 11.5 Å². The van der Waals surface area contributed by atoms with E-state index in [9.17, 15) is 4.79 Å². The third kappa shape index (κ3) is 5.99. The predicted octanol–water partition coefficient (Wildman–Crippen LogP) is 3.00. The zero-order valence-corrected chi connectivity index (χ0v) is 16.3. The summed E-state index contributed by atoms with van der Waals surface area (Å²) < 4.78 is 0. The van der Waals surface area contributed by atoms with Crippen molar-refractivity contribution in [2.24, 2.45) is 0 Å². The van der Waals surface area contributed by atoms with Gasteiger partial charge in [0.15, 0.2) is 5.16 Å². The normalized spacial score (nSPS) is 10.6. The van der Waals surface area contributed by atoms with Crippen LogP contribution in [0, 0.1) is 0 Å². The second kappa shape index (κ2) is 9.75. The number of thioether (sulfide) groups is 1. The fourth-order valence-electron chi connectivity index (χ4n) is 2.75. The first kappa shape index (κ1) is 19.7. The van der Waals surface area contributed by atoms with Crippen LogP contribution < -0.4 is 11.5 Å². The zero-order chi connectivity index (χ0) is 19.8. The van der Waals surface area contributed by atoms with Crippen LogP contribution in [0.5, 0.6) is 0 Å². The summed E-state index contributed by atoms with van der Waals surface area (Å²) in [5.74, 6) is 0.847. The van der Waals surface area contributed by atoms with Gasteiger partial charge in [-0.1, -0.05) is 72.4 Å². The molecule has 0 saturated carbocycles. The molecule has 0 bridgehead atoms. The number of hydrogen-bond donors (Lipinski definition) is 2. The van der Waals surface area contributed by atoms with Crippen molar-refractivity contribution >= 4 is 29.3 Å². The van der Waals surface area contributed by atoms with Crippen LogP contribution in [0.25, 0.3) is 0 Å². The van der Waals surface area contributed by atoms with E-state index in [0.29, 0.717) is 29.9 Å². The SMILES string of the molecule is Nc1cc(N)nc(SCC(=O)N(CCc2ccccc2)Cc2ccccc2)n1. The number of hydrogen-bond acceptors (Lipinski definition) is 6. The fourth-order valence-corrected chi connectivity index (χ4v) is 3.52. The maximum absolute atomic E-state index is 12.9. The quantitative estimate of drug-likeness (QED) is 0.451. The molecule has 0 atom stereocenters. The van der Waals surface area contributed by atoms with E-state index < -0.39 is 0 Å². The summed E-state index contributed by atoms with van der Waals surface area (Å²) in [5.41, 5.74) is 13.7. The summed E-state index contributed by atoms with van der Waals surface area (Å²) in [5, 5.41) is 0.411. The van der Waals surface area contributed by atoms with Crippen LogP contribution in [-0.2, 0) is 17.8 Å². The van der Waals surface area contributed by atoms with Crippen LogP contribution in [0.2, 0.25) is 0 Å². The molecule has 2 aromatic carbocycles. The van der Waals surface area contributed by atoms with Gasteiger partial charge in [-0.05, 0) is 17.5 Å². The first-order valence-corrected chi connectivity index (χ1v) is 9.97. The summed E-state index contributed by atoms with van der Waals surface area (Å²) in [6, 6.07) is 21.6. The van der Waals surface area contributed by atoms with Gasteiger partial charge in [0.25, 0.3) is 0 Å². The van der Waals surface area contributed by atoms with Gasteiger partial charge in [0.1, 0.15) is 11.6 Å². The minimum absolute atomic E-state index is 0.0226. The van der Waals surface area contributed by atoms with Crippen molar-refractivity contribution in [1.29, 1.82) is 0 Å². The van der Waals surface area contributed by atoms with Gasteiger partial charge >= 0.3 is 0 Å². The van der Waals surface area contributed by atoms with Crippen molar-refractivity contribution in [3.8, 4) is 0 Å². The van der Waals surface area contributed by atoms with Crippen molar-refractivity contribution in [1.82, 2.24) is 14.9 Å². The highest BCUT2D eigenvalue weighted by molar-refractivity contribution is 7.99. The molecule has 0 aliphatic heterocycles. The lowest BCUT2D eigenvalue weighted by Crippen LogP contribution is -2.33. The van der Waals surface area contributed by atoms with Gasteiger partial charge in [-0.2, -0.15) is 0 Å². The lowest BCUT2D eigenvalue weighted by Gasteiger charge is -2.23. The number of carbonyl (C=O) groups is 1. The molecular weight excluding hydrogens is 370 g/mol. The topological polar surface area (TPSA) is 98.1 Å². The molecule has 0 unspecified atom stereocenters. The van der Waals surface area contributed by atoms with E-state index in [-0.39, 0.29) is 11.7 Å². The predicted molar refractivity (Wildman–Crippen MR) is 114 cm³/mol. The second-order valence-electron chi connectivity index (χ2n) is 6.33. The van der Waals surface area contributed by atoms with E-state index in [1.54, 1.807) is 0 Å². The van der Waals surface area contributed by atoms with Gasteiger partial charge in [-0.15, -0.1) is 0 Å². The van der Waals surface area contributed by atoms with E-state index in [1.165, 1.54) is 23.4 Å². The molecule has 0 aliphatic rings. The molecule has 144 valence electrons. The van der Waals surface area contributed by atoms with Crippen molar-refractivity contribution in [3.05, 3.63) is 77.9 Å². The fraction of sp³-hybridized carbons (Fsp3) is 0.190. The third-order valence-corrected chi connectivity index (χ3v) is 4.98. The molecule has 0 saturated heterocycles. The Kier molecular flexibility index (Phi) is 6.86. The Morgan fingerprint density at radius 3 is 2.07 bits per heavy atom. The largest absolute Gasteiger partial charge is 0.383 e. The number of carbonyl (C=O) groups excluding carboxylic acids is 1. The molecule has 0 radical (unpaired) electrons. The minimum atomic E-state index is 0.0226. The number of anilines is 2. The Balaban J connectivity index is 1.66. The van der Waals surface area contributed by atoms with Crippen molar-refractivity contribution in [2.45, 2.75) is 18.1 Å². The Morgan fingerprint density at radius 1 is 0.893 bits per heavy atom. The van der Waals surface area contributed by atoms with Crippen LogP contribution in [0.15, 0.2) is 71.9 Å². The van der Waals surface area contributed by atoms with Gasteiger partial charge in [0.2, 0.25) is 5.91 Å². The Labute approximate surface area is 169 Å². The zero-order valence-electron chi connectivity index (χ0n) is 15.5. The van der Waals surface area contributed by atoms with Gasteiger partial charge in [0, 0.05) is 19.2 Å². The Hall–Kier alpha value is -3.06. The van der Waals surface area contributed by atoms with Crippen molar-refractivity contribution in [2.75, 3.05) is 23.8 Å². The molecule has 7 heteroatoms. The molecule has 6 nitrogen and oxygen atoms in total. The number of benzene rings is 2. The first-order chi connectivity index (χ1) is 13.6. The Bertz CT molecular complexity index is 885. The number of rotatable bonds is 8. The molecule has 3 rings (SSSR count). The summed E-state index contributed by atoms with van der Waals surface area (Å²) >= 11 is 1.24. The summed E-state index contributed by atoms with van der Waals surface area (Å²) in [4.78, 5) is 23.0. The van der Waals surface area contributed by atoms with E-state index >= 15 is 0 Å². The van der Waals surface area contributed by atoms with Crippen LogP contribution >= 0.6 is 11.8 Å². The monoisotopic (exact) mass is 393 g/mol. The number of nitrogen functional groups attached to an aromatic ring is 2. The van der Waals surface area contributed by atoms with E-state index in [1.807, 2.05) is 53.4 Å². The molecule has 4 N–H and O–H groups in total. The van der Waals surface area contributed by atoms with Gasteiger partial charge in [0.05, 0.1) is 5.75 Å².